The topological polar surface area (TPSA) is 28.2 Å². The van der Waals surface area contributed by atoms with Gasteiger partial charge >= 0.3 is 0 Å². The Morgan fingerprint density at radius 1 is 1.41 bits per heavy atom. The number of nitrogens with zero attached hydrogens (tertiary/aromatic N) is 2. The third-order valence-corrected chi connectivity index (χ3v) is 3.88. The molecule has 1 aromatic heterocycles. The summed E-state index contributed by atoms with van der Waals surface area (Å²) in [6.07, 6.45) is 5.96. The minimum atomic E-state index is 0.815. The molecule has 92 valence electrons. The largest absolute Gasteiger partial charge is 0.370 e. The van der Waals surface area contributed by atoms with Gasteiger partial charge in [-0.2, -0.15) is 0 Å². The summed E-state index contributed by atoms with van der Waals surface area (Å²) in [7, 11) is 0. The van der Waals surface area contributed by atoms with Crippen molar-refractivity contribution >= 4 is 5.69 Å². The smallest absolute Gasteiger partial charge is 0.0605 e. The van der Waals surface area contributed by atoms with E-state index in [4.69, 9.17) is 0 Å². The van der Waals surface area contributed by atoms with Gasteiger partial charge in [0, 0.05) is 25.3 Å². The second kappa shape index (κ2) is 4.65. The van der Waals surface area contributed by atoms with Crippen molar-refractivity contribution in [3.05, 3.63) is 24.0 Å². The third-order valence-electron chi connectivity index (χ3n) is 3.88. The predicted molar refractivity (Wildman–Crippen MR) is 70.3 cm³/mol. The van der Waals surface area contributed by atoms with Crippen molar-refractivity contribution < 1.29 is 0 Å². The third kappa shape index (κ3) is 2.60. The van der Waals surface area contributed by atoms with Gasteiger partial charge in [0.25, 0.3) is 0 Å². The molecule has 1 saturated heterocycles. The Morgan fingerprint density at radius 2 is 2.29 bits per heavy atom. The molecule has 1 N–H and O–H groups in total. The van der Waals surface area contributed by atoms with Crippen LogP contribution in [0, 0.1) is 12.8 Å². The molecule has 0 radical (unpaired) electrons. The Labute approximate surface area is 103 Å². The fourth-order valence-corrected chi connectivity index (χ4v) is 2.65. The number of pyridine rings is 1. The number of aryl methyl sites for hydroxylation is 1. The summed E-state index contributed by atoms with van der Waals surface area (Å²) < 4.78 is 0. The van der Waals surface area contributed by atoms with Crippen LogP contribution < -0.4 is 10.2 Å². The number of hydrogen-bond acceptors (Lipinski definition) is 3. The van der Waals surface area contributed by atoms with E-state index in [1.54, 1.807) is 0 Å². The highest BCUT2D eigenvalue weighted by molar-refractivity contribution is 5.50. The number of hydrogen-bond donors (Lipinski definition) is 1. The maximum Gasteiger partial charge on any atom is 0.0605 e. The number of rotatable bonds is 4. The van der Waals surface area contributed by atoms with Gasteiger partial charge in [0.1, 0.15) is 0 Å². The van der Waals surface area contributed by atoms with E-state index >= 15 is 0 Å². The summed E-state index contributed by atoms with van der Waals surface area (Å²) in [5.74, 6) is 0.815. The number of anilines is 1. The lowest BCUT2D eigenvalue weighted by atomic mass is 10.1. The molecule has 1 aliphatic carbocycles. The molecule has 0 aromatic carbocycles. The first kappa shape index (κ1) is 11.0. The van der Waals surface area contributed by atoms with Gasteiger partial charge in [-0.1, -0.05) is 0 Å². The van der Waals surface area contributed by atoms with Gasteiger partial charge in [-0.05, 0) is 50.8 Å². The average molecular weight is 231 g/mol. The summed E-state index contributed by atoms with van der Waals surface area (Å²) in [5.41, 5.74) is 2.48. The van der Waals surface area contributed by atoms with E-state index in [9.17, 15) is 0 Å². The Hall–Kier alpha value is -1.09. The molecule has 1 saturated carbocycles. The van der Waals surface area contributed by atoms with Gasteiger partial charge in [0.05, 0.1) is 11.4 Å². The first-order valence-electron chi connectivity index (χ1n) is 6.73. The Bertz CT molecular complexity index is 387. The van der Waals surface area contributed by atoms with E-state index in [-0.39, 0.29) is 0 Å². The molecule has 2 heterocycles. The summed E-state index contributed by atoms with van der Waals surface area (Å²) in [5, 5.41) is 3.64. The molecule has 0 bridgehead atoms. The molecule has 2 fully saturated rings. The molecule has 3 nitrogen and oxygen atoms in total. The van der Waals surface area contributed by atoms with Crippen molar-refractivity contribution in [2.75, 3.05) is 24.5 Å². The summed E-state index contributed by atoms with van der Waals surface area (Å²) in [4.78, 5) is 6.86. The van der Waals surface area contributed by atoms with Gasteiger partial charge < -0.3 is 10.2 Å². The molecule has 1 aromatic rings. The van der Waals surface area contributed by atoms with Gasteiger partial charge in [-0.3, -0.25) is 4.98 Å². The van der Waals surface area contributed by atoms with E-state index in [1.165, 1.54) is 44.6 Å². The SMILES string of the molecule is Cc1ncccc1N1CCC(CNC2CC2)C1. The Balaban J connectivity index is 1.57. The minimum Gasteiger partial charge on any atom is -0.370 e. The van der Waals surface area contributed by atoms with Gasteiger partial charge in [0.15, 0.2) is 0 Å². The van der Waals surface area contributed by atoms with E-state index in [2.05, 4.69) is 28.2 Å². The van der Waals surface area contributed by atoms with Crippen LogP contribution in [-0.4, -0.2) is 30.7 Å². The van der Waals surface area contributed by atoms with Crippen molar-refractivity contribution in [2.45, 2.75) is 32.2 Å². The molecule has 1 unspecified atom stereocenters. The molecular formula is C14H21N3. The van der Waals surface area contributed by atoms with Crippen molar-refractivity contribution in [3.63, 3.8) is 0 Å². The minimum absolute atomic E-state index is 0.815. The summed E-state index contributed by atoms with van der Waals surface area (Å²) in [6.45, 7) is 5.67. The Kier molecular flexibility index (Phi) is 3.02. The van der Waals surface area contributed by atoms with E-state index < -0.39 is 0 Å². The van der Waals surface area contributed by atoms with Crippen LogP contribution in [0.5, 0.6) is 0 Å². The lowest BCUT2D eigenvalue weighted by Crippen LogP contribution is -2.27. The van der Waals surface area contributed by atoms with E-state index in [0.29, 0.717) is 0 Å². The lowest BCUT2D eigenvalue weighted by Gasteiger charge is -2.20. The zero-order valence-electron chi connectivity index (χ0n) is 10.5. The number of nitrogens with one attached hydrogen (secondary N) is 1. The van der Waals surface area contributed by atoms with Crippen LogP contribution in [0.15, 0.2) is 18.3 Å². The zero-order valence-corrected chi connectivity index (χ0v) is 10.5. The summed E-state index contributed by atoms with van der Waals surface area (Å²) >= 11 is 0. The van der Waals surface area contributed by atoms with Crippen LogP contribution in [0.4, 0.5) is 5.69 Å². The normalized spacial score (nSPS) is 24.3. The van der Waals surface area contributed by atoms with Gasteiger partial charge in [0.2, 0.25) is 0 Å². The molecule has 17 heavy (non-hydrogen) atoms. The van der Waals surface area contributed by atoms with Crippen LogP contribution in [0.2, 0.25) is 0 Å². The molecule has 1 aliphatic heterocycles. The second-order valence-corrected chi connectivity index (χ2v) is 5.39. The quantitative estimate of drug-likeness (QED) is 0.858. The van der Waals surface area contributed by atoms with Gasteiger partial charge in [-0.15, -0.1) is 0 Å². The molecule has 0 spiro atoms. The van der Waals surface area contributed by atoms with E-state index in [0.717, 1.165) is 17.7 Å². The molecule has 0 amide bonds. The highest BCUT2D eigenvalue weighted by atomic mass is 15.2. The van der Waals surface area contributed by atoms with Crippen LogP contribution in [0.3, 0.4) is 0 Å². The molecule has 1 atom stereocenters. The average Bonchev–Trinajstić information content (AvgIpc) is 3.06. The molecular weight excluding hydrogens is 210 g/mol. The van der Waals surface area contributed by atoms with Crippen molar-refractivity contribution in [1.29, 1.82) is 0 Å². The maximum absolute atomic E-state index is 4.38. The fraction of sp³-hybridized carbons (Fsp3) is 0.643. The molecule has 2 aliphatic rings. The standard InChI is InChI=1S/C14H21N3/c1-11-14(3-2-7-15-11)17-8-6-12(10-17)9-16-13-4-5-13/h2-3,7,12-13,16H,4-6,8-10H2,1H3. The molecule has 3 heteroatoms. The number of aromatic nitrogens is 1. The lowest BCUT2D eigenvalue weighted by molar-refractivity contribution is 0.515. The van der Waals surface area contributed by atoms with Crippen LogP contribution in [0.25, 0.3) is 0 Å². The maximum atomic E-state index is 4.38. The van der Waals surface area contributed by atoms with Crippen molar-refractivity contribution in [2.24, 2.45) is 5.92 Å². The first-order chi connectivity index (χ1) is 8.33. The second-order valence-electron chi connectivity index (χ2n) is 5.39. The van der Waals surface area contributed by atoms with Crippen LogP contribution >= 0.6 is 0 Å². The van der Waals surface area contributed by atoms with Crippen LogP contribution in [-0.2, 0) is 0 Å². The van der Waals surface area contributed by atoms with E-state index in [1.807, 2.05) is 12.3 Å². The predicted octanol–water partition coefficient (Wildman–Crippen LogP) is 1.97. The van der Waals surface area contributed by atoms with Crippen molar-refractivity contribution in [1.82, 2.24) is 10.3 Å². The Morgan fingerprint density at radius 3 is 3.06 bits per heavy atom. The summed E-state index contributed by atoms with van der Waals surface area (Å²) in [6, 6.07) is 5.07. The zero-order chi connectivity index (χ0) is 11.7. The highest BCUT2D eigenvalue weighted by Crippen LogP contribution is 2.26. The highest BCUT2D eigenvalue weighted by Gasteiger charge is 2.26. The fourth-order valence-electron chi connectivity index (χ4n) is 2.65. The van der Waals surface area contributed by atoms with Crippen molar-refractivity contribution in [3.8, 4) is 0 Å². The monoisotopic (exact) mass is 231 g/mol. The van der Waals surface area contributed by atoms with Crippen LogP contribution in [0.1, 0.15) is 25.0 Å². The first-order valence-corrected chi connectivity index (χ1v) is 6.73. The van der Waals surface area contributed by atoms with Gasteiger partial charge in [-0.25, -0.2) is 0 Å². The molecule has 3 rings (SSSR count).